The number of hydrogen-bond donors (Lipinski definition) is 2. The topological polar surface area (TPSA) is 50.4 Å². The van der Waals surface area contributed by atoms with E-state index >= 15 is 0 Å². The summed E-state index contributed by atoms with van der Waals surface area (Å²) in [6.07, 6.45) is 4.88. The van der Waals surface area contributed by atoms with E-state index in [9.17, 15) is 4.79 Å². The molecular formula is C14H18N2O2S2. The number of anilines is 1. The van der Waals surface area contributed by atoms with Crippen LogP contribution >= 0.6 is 23.6 Å². The second-order valence-corrected chi connectivity index (χ2v) is 5.92. The van der Waals surface area contributed by atoms with E-state index in [1.807, 2.05) is 6.92 Å². The molecule has 0 aliphatic heterocycles. The van der Waals surface area contributed by atoms with Crippen molar-refractivity contribution >= 4 is 40.3 Å². The molecule has 2 rings (SSSR count). The largest absolute Gasteiger partial charge is 0.462 e. The summed E-state index contributed by atoms with van der Waals surface area (Å²) in [6.45, 7) is 6.41. The summed E-state index contributed by atoms with van der Waals surface area (Å²) in [7, 11) is 0. The molecule has 108 valence electrons. The lowest BCUT2D eigenvalue weighted by Gasteiger charge is -2.11. The van der Waals surface area contributed by atoms with Gasteiger partial charge in [0.2, 0.25) is 0 Å². The second-order valence-electron chi connectivity index (χ2n) is 4.41. The number of thiophene rings is 1. The Morgan fingerprint density at radius 2 is 2.35 bits per heavy atom. The first-order valence-electron chi connectivity index (χ1n) is 6.64. The standard InChI is InChI=1S/C14H18N2O2S2/c1-3-8-15-14(19)16-11-9-6-5-7-10(9)20-12(11)13(17)18-4-2/h3H,1,4-8H2,2H3,(H2,15,16,19). The van der Waals surface area contributed by atoms with Gasteiger partial charge >= 0.3 is 5.97 Å². The highest BCUT2D eigenvalue weighted by Gasteiger charge is 2.26. The molecule has 0 atom stereocenters. The minimum atomic E-state index is -0.277. The fraction of sp³-hybridized carbons (Fsp3) is 0.429. The summed E-state index contributed by atoms with van der Waals surface area (Å²) in [5.41, 5.74) is 2.03. The van der Waals surface area contributed by atoms with Crippen LogP contribution < -0.4 is 10.6 Å². The molecule has 0 saturated heterocycles. The van der Waals surface area contributed by atoms with Crippen molar-refractivity contribution in [2.24, 2.45) is 0 Å². The third-order valence-corrected chi connectivity index (χ3v) is 4.55. The van der Waals surface area contributed by atoms with E-state index in [0.717, 1.165) is 24.9 Å². The predicted molar refractivity (Wildman–Crippen MR) is 86.7 cm³/mol. The van der Waals surface area contributed by atoms with E-state index in [2.05, 4.69) is 17.2 Å². The second kappa shape index (κ2) is 6.85. The van der Waals surface area contributed by atoms with Crippen LogP contribution in [0.15, 0.2) is 12.7 Å². The molecule has 1 aromatic rings. The SMILES string of the molecule is C=CCNC(=S)Nc1c(C(=O)OCC)sc2c1CCC2. The summed E-state index contributed by atoms with van der Waals surface area (Å²) < 4.78 is 5.12. The van der Waals surface area contributed by atoms with Crippen molar-refractivity contribution in [1.82, 2.24) is 5.32 Å². The van der Waals surface area contributed by atoms with Crippen LogP contribution in [0.2, 0.25) is 0 Å². The van der Waals surface area contributed by atoms with Crippen molar-refractivity contribution in [3.05, 3.63) is 28.0 Å². The van der Waals surface area contributed by atoms with E-state index in [-0.39, 0.29) is 5.97 Å². The lowest BCUT2D eigenvalue weighted by Crippen LogP contribution is -2.29. The number of carbonyl (C=O) groups is 1. The lowest BCUT2D eigenvalue weighted by atomic mass is 10.2. The number of aryl methyl sites for hydroxylation is 1. The molecule has 4 nitrogen and oxygen atoms in total. The Hall–Kier alpha value is -1.40. The molecule has 0 radical (unpaired) electrons. The van der Waals surface area contributed by atoms with Crippen molar-refractivity contribution in [1.29, 1.82) is 0 Å². The average Bonchev–Trinajstić information content (AvgIpc) is 2.99. The van der Waals surface area contributed by atoms with E-state index < -0.39 is 0 Å². The number of ether oxygens (including phenoxy) is 1. The maximum atomic E-state index is 12.0. The fourth-order valence-electron chi connectivity index (χ4n) is 2.20. The Kier molecular flexibility index (Phi) is 5.14. The van der Waals surface area contributed by atoms with E-state index in [1.54, 1.807) is 6.08 Å². The van der Waals surface area contributed by atoms with Gasteiger partial charge in [0, 0.05) is 11.4 Å². The quantitative estimate of drug-likeness (QED) is 0.497. The van der Waals surface area contributed by atoms with Gasteiger partial charge in [0.25, 0.3) is 0 Å². The van der Waals surface area contributed by atoms with Crippen LogP contribution in [0.1, 0.15) is 33.5 Å². The minimum Gasteiger partial charge on any atom is -0.462 e. The van der Waals surface area contributed by atoms with Crippen LogP contribution in [0.5, 0.6) is 0 Å². The van der Waals surface area contributed by atoms with Crippen LogP contribution in [0.4, 0.5) is 5.69 Å². The molecule has 1 heterocycles. The number of nitrogens with one attached hydrogen (secondary N) is 2. The van der Waals surface area contributed by atoms with E-state index in [1.165, 1.54) is 21.8 Å². The Labute approximate surface area is 128 Å². The third kappa shape index (κ3) is 3.19. The molecule has 0 bridgehead atoms. The van der Waals surface area contributed by atoms with Gasteiger partial charge in [-0.15, -0.1) is 17.9 Å². The molecule has 0 spiro atoms. The summed E-state index contributed by atoms with van der Waals surface area (Å²) in [6, 6.07) is 0. The van der Waals surface area contributed by atoms with Gasteiger partial charge in [0.05, 0.1) is 12.3 Å². The van der Waals surface area contributed by atoms with Crippen molar-refractivity contribution in [2.45, 2.75) is 26.2 Å². The smallest absolute Gasteiger partial charge is 0.350 e. The molecule has 0 saturated carbocycles. The molecule has 0 amide bonds. The molecule has 20 heavy (non-hydrogen) atoms. The highest BCUT2D eigenvalue weighted by Crippen LogP contribution is 2.39. The normalized spacial score (nSPS) is 12.7. The van der Waals surface area contributed by atoms with Crippen LogP contribution in [-0.2, 0) is 17.6 Å². The lowest BCUT2D eigenvalue weighted by molar-refractivity contribution is 0.0533. The number of fused-ring (bicyclic) bond motifs is 1. The van der Waals surface area contributed by atoms with Crippen LogP contribution in [-0.4, -0.2) is 24.2 Å². The van der Waals surface area contributed by atoms with Crippen molar-refractivity contribution in [3.8, 4) is 0 Å². The molecule has 0 fully saturated rings. The Morgan fingerprint density at radius 1 is 1.55 bits per heavy atom. The summed E-state index contributed by atoms with van der Waals surface area (Å²) >= 11 is 6.75. The maximum absolute atomic E-state index is 12.0. The van der Waals surface area contributed by atoms with Crippen molar-refractivity contribution in [2.75, 3.05) is 18.5 Å². The fourth-order valence-corrected chi connectivity index (χ4v) is 3.62. The summed E-state index contributed by atoms with van der Waals surface area (Å²) in [5, 5.41) is 6.66. The van der Waals surface area contributed by atoms with Gasteiger partial charge < -0.3 is 15.4 Å². The highest BCUT2D eigenvalue weighted by molar-refractivity contribution is 7.80. The van der Waals surface area contributed by atoms with Gasteiger partial charge in [0.15, 0.2) is 5.11 Å². The number of hydrogen-bond acceptors (Lipinski definition) is 4. The first-order valence-corrected chi connectivity index (χ1v) is 7.87. The van der Waals surface area contributed by atoms with Crippen LogP contribution in [0.25, 0.3) is 0 Å². The van der Waals surface area contributed by atoms with Crippen LogP contribution in [0, 0.1) is 0 Å². The Morgan fingerprint density at radius 3 is 3.05 bits per heavy atom. The molecule has 0 aromatic carbocycles. The maximum Gasteiger partial charge on any atom is 0.350 e. The molecule has 0 unspecified atom stereocenters. The van der Waals surface area contributed by atoms with Gasteiger partial charge in [-0.05, 0) is 44.0 Å². The first-order chi connectivity index (χ1) is 9.67. The molecule has 1 aliphatic carbocycles. The summed E-state index contributed by atoms with van der Waals surface area (Å²) in [5.74, 6) is -0.277. The number of thiocarbonyl (C=S) groups is 1. The molecular weight excluding hydrogens is 292 g/mol. The van der Waals surface area contributed by atoms with E-state index in [4.69, 9.17) is 17.0 Å². The van der Waals surface area contributed by atoms with Gasteiger partial charge in [0.1, 0.15) is 4.88 Å². The number of esters is 1. The Bertz CT molecular complexity index is 538. The predicted octanol–water partition coefficient (Wildman–Crippen LogP) is 2.89. The number of carbonyl (C=O) groups excluding carboxylic acids is 1. The zero-order valence-electron chi connectivity index (χ0n) is 11.5. The molecule has 2 N–H and O–H groups in total. The van der Waals surface area contributed by atoms with Gasteiger partial charge in [-0.3, -0.25) is 0 Å². The minimum absolute atomic E-state index is 0.277. The highest BCUT2D eigenvalue weighted by atomic mass is 32.1. The van der Waals surface area contributed by atoms with E-state index in [0.29, 0.717) is 23.1 Å². The van der Waals surface area contributed by atoms with Crippen molar-refractivity contribution in [3.63, 3.8) is 0 Å². The third-order valence-electron chi connectivity index (χ3n) is 3.03. The molecule has 6 heteroatoms. The molecule has 1 aromatic heterocycles. The number of rotatable bonds is 5. The van der Waals surface area contributed by atoms with Gasteiger partial charge in [-0.1, -0.05) is 6.08 Å². The Balaban J connectivity index is 2.22. The molecule has 1 aliphatic rings. The van der Waals surface area contributed by atoms with Crippen LogP contribution in [0.3, 0.4) is 0 Å². The van der Waals surface area contributed by atoms with Gasteiger partial charge in [-0.2, -0.15) is 0 Å². The zero-order valence-corrected chi connectivity index (χ0v) is 13.1. The summed E-state index contributed by atoms with van der Waals surface area (Å²) in [4.78, 5) is 13.9. The zero-order chi connectivity index (χ0) is 14.5. The van der Waals surface area contributed by atoms with Crippen molar-refractivity contribution < 1.29 is 9.53 Å². The van der Waals surface area contributed by atoms with Gasteiger partial charge in [-0.25, -0.2) is 4.79 Å². The first kappa shape index (κ1) is 15.0. The monoisotopic (exact) mass is 310 g/mol. The average molecular weight is 310 g/mol.